The highest BCUT2D eigenvalue weighted by atomic mass is 16.2. The van der Waals surface area contributed by atoms with Gasteiger partial charge < -0.3 is 5.11 Å². The molecule has 0 saturated carbocycles. The second-order valence-corrected chi connectivity index (χ2v) is 2.00. The van der Waals surface area contributed by atoms with Crippen molar-refractivity contribution in [2.45, 2.75) is 26.2 Å². The lowest BCUT2D eigenvalue weighted by atomic mass is 10.1. The Morgan fingerprint density at radius 3 is 2.56 bits per heavy atom. The SMILES string of the molecule is C=C=C(CCC)CCO. The van der Waals surface area contributed by atoms with Crippen LogP contribution in [0.1, 0.15) is 26.2 Å². The Hall–Kier alpha value is -0.520. The Morgan fingerprint density at radius 1 is 1.56 bits per heavy atom. The molecule has 0 aromatic heterocycles. The Bertz CT molecular complexity index is 102. The summed E-state index contributed by atoms with van der Waals surface area (Å²) in [4.78, 5) is 0. The molecule has 0 atom stereocenters. The van der Waals surface area contributed by atoms with E-state index in [9.17, 15) is 0 Å². The lowest BCUT2D eigenvalue weighted by molar-refractivity contribution is 0.298. The van der Waals surface area contributed by atoms with Crippen LogP contribution in [0.5, 0.6) is 0 Å². The van der Waals surface area contributed by atoms with E-state index < -0.39 is 0 Å². The first-order chi connectivity index (χ1) is 4.35. The van der Waals surface area contributed by atoms with Crippen LogP contribution in [0.4, 0.5) is 0 Å². The summed E-state index contributed by atoms with van der Waals surface area (Å²) in [6.45, 7) is 5.85. The molecule has 0 spiro atoms. The van der Waals surface area contributed by atoms with Gasteiger partial charge in [0, 0.05) is 6.61 Å². The average molecular weight is 126 g/mol. The molecule has 0 aliphatic carbocycles. The second-order valence-electron chi connectivity index (χ2n) is 2.00. The summed E-state index contributed by atoms with van der Waals surface area (Å²) in [5.41, 5.74) is 3.95. The van der Waals surface area contributed by atoms with Crippen molar-refractivity contribution in [3.05, 3.63) is 17.9 Å². The van der Waals surface area contributed by atoms with Crippen molar-refractivity contribution in [2.75, 3.05) is 6.61 Å². The summed E-state index contributed by atoms with van der Waals surface area (Å²) >= 11 is 0. The quantitative estimate of drug-likeness (QED) is 0.570. The van der Waals surface area contributed by atoms with E-state index in [-0.39, 0.29) is 6.61 Å². The zero-order valence-electron chi connectivity index (χ0n) is 5.98. The maximum absolute atomic E-state index is 8.51. The van der Waals surface area contributed by atoms with Crippen LogP contribution >= 0.6 is 0 Å². The van der Waals surface area contributed by atoms with Gasteiger partial charge in [0.1, 0.15) is 0 Å². The van der Waals surface area contributed by atoms with Gasteiger partial charge in [-0.3, -0.25) is 0 Å². The van der Waals surface area contributed by atoms with Crippen molar-refractivity contribution in [3.63, 3.8) is 0 Å². The minimum atomic E-state index is 0.220. The molecule has 0 unspecified atom stereocenters. The summed E-state index contributed by atoms with van der Waals surface area (Å²) < 4.78 is 0. The Labute approximate surface area is 56.7 Å². The predicted octanol–water partition coefficient (Wildman–Crippen LogP) is 1.88. The predicted molar refractivity (Wildman–Crippen MR) is 39.3 cm³/mol. The third-order valence-corrected chi connectivity index (χ3v) is 1.22. The minimum absolute atomic E-state index is 0.220. The van der Waals surface area contributed by atoms with Gasteiger partial charge in [-0.2, -0.15) is 0 Å². The standard InChI is InChI=1S/C8H14O/c1-3-5-8(4-2)6-7-9/h9H,2-3,5-7H2,1H3. The van der Waals surface area contributed by atoms with E-state index in [2.05, 4.69) is 19.2 Å². The molecular formula is C8H14O. The van der Waals surface area contributed by atoms with Crippen LogP contribution in [0.15, 0.2) is 17.9 Å². The molecule has 0 aliphatic rings. The van der Waals surface area contributed by atoms with E-state index >= 15 is 0 Å². The summed E-state index contributed by atoms with van der Waals surface area (Å²) in [7, 11) is 0. The number of rotatable bonds is 4. The molecule has 0 radical (unpaired) electrons. The van der Waals surface area contributed by atoms with Crippen LogP contribution < -0.4 is 0 Å². The highest BCUT2D eigenvalue weighted by Gasteiger charge is 1.91. The molecule has 0 rings (SSSR count). The largest absolute Gasteiger partial charge is 0.396 e. The van der Waals surface area contributed by atoms with Crippen LogP contribution in [0, 0.1) is 0 Å². The van der Waals surface area contributed by atoms with Gasteiger partial charge in [-0.1, -0.05) is 19.9 Å². The van der Waals surface area contributed by atoms with Crippen LogP contribution in [0.2, 0.25) is 0 Å². The van der Waals surface area contributed by atoms with E-state index in [1.807, 2.05) is 0 Å². The van der Waals surface area contributed by atoms with Gasteiger partial charge in [0.25, 0.3) is 0 Å². The van der Waals surface area contributed by atoms with Gasteiger partial charge in [-0.25, -0.2) is 0 Å². The molecule has 0 bridgehead atoms. The fourth-order valence-electron chi connectivity index (χ4n) is 0.739. The number of aliphatic hydroxyl groups excluding tert-OH is 1. The maximum Gasteiger partial charge on any atom is 0.0474 e. The van der Waals surface area contributed by atoms with Crippen molar-refractivity contribution >= 4 is 0 Å². The zero-order valence-corrected chi connectivity index (χ0v) is 5.98. The fourth-order valence-corrected chi connectivity index (χ4v) is 0.739. The Morgan fingerprint density at radius 2 is 2.22 bits per heavy atom. The number of hydrogen-bond acceptors (Lipinski definition) is 1. The molecule has 1 heteroatoms. The van der Waals surface area contributed by atoms with Gasteiger partial charge in [-0.15, -0.1) is 5.73 Å². The molecule has 0 aromatic rings. The van der Waals surface area contributed by atoms with Crippen molar-refractivity contribution in [2.24, 2.45) is 0 Å². The van der Waals surface area contributed by atoms with Crippen LogP contribution in [-0.4, -0.2) is 11.7 Å². The third-order valence-electron chi connectivity index (χ3n) is 1.22. The topological polar surface area (TPSA) is 20.2 Å². The Balaban J connectivity index is 3.57. The van der Waals surface area contributed by atoms with Crippen molar-refractivity contribution in [1.29, 1.82) is 0 Å². The molecule has 0 fully saturated rings. The van der Waals surface area contributed by atoms with E-state index in [0.717, 1.165) is 24.8 Å². The highest BCUT2D eigenvalue weighted by molar-refractivity contribution is 4.98. The molecule has 0 aromatic carbocycles. The summed E-state index contributed by atoms with van der Waals surface area (Å²) in [5.74, 6) is 0. The van der Waals surface area contributed by atoms with E-state index in [1.165, 1.54) is 0 Å². The average Bonchev–Trinajstić information content (AvgIpc) is 1.88. The number of aliphatic hydroxyl groups is 1. The fraction of sp³-hybridized carbons (Fsp3) is 0.625. The first kappa shape index (κ1) is 8.48. The van der Waals surface area contributed by atoms with E-state index in [4.69, 9.17) is 5.11 Å². The normalized spacial score (nSPS) is 8.67. The Kier molecular flexibility index (Phi) is 5.29. The van der Waals surface area contributed by atoms with Gasteiger partial charge in [0.15, 0.2) is 0 Å². The van der Waals surface area contributed by atoms with Crippen molar-refractivity contribution in [1.82, 2.24) is 0 Å². The molecule has 0 amide bonds. The minimum Gasteiger partial charge on any atom is -0.396 e. The number of hydrogen-bond donors (Lipinski definition) is 1. The van der Waals surface area contributed by atoms with Crippen molar-refractivity contribution in [3.8, 4) is 0 Å². The zero-order chi connectivity index (χ0) is 7.11. The smallest absolute Gasteiger partial charge is 0.0474 e. The van der Waals surface area contributed by atoms with Gasteiger partial charge >= 0.3 is 0 Å². The molecule has 52 valence electrons. The van der Waals surface area contributed by atoms with E-state index in [1.54, 1.807) is 0 Å². The molecular weight excluding hydrogens is 112 g/mol. The summed E-state index contributed by atoms with van der Waals surface area (Å²) in [6.07, 6.45) is 2.86. The third kappa shape index (κ3) is 4.01. The molecule has 0 aliphatic heterocycles. The van der Waals surface area contributed by atoms with Crippen LogP contribution in [0.3, 0.4) is 0 Å². The summed E-state index contributed by atoms with van der Waals surface area (Å²) in [5, 5.41) is 8.51. The second kappa shape index (κ2) is 5.61. The van der Waals surface area contributed by atoms with Gasteiger partial charge in [0.2, 0.25) is 0 Å². The van der Waals surface area contributed by atoms with E-state index in [0.29, 0.717) is 0 Å². The van der Waals surface area contributed by atoms with Crippen LogP contribution in [0.25, 0.3) is 0 Å². The summed E-state index contributed by atoms with van der Waals surface area (Å²) in [6, 6.07) is 0. The first-order valence-electron chi connectivity index (χ1n) is 3.33. The molecule has 0 saturated heterocycles. The molecule has 9 heavy (non-hydrogen) atoms. The first-order valence-corrected chi connectivity index (χ1v) is 3.33. The van der Waals surface area contributed by atoms with Gasteiger partial charge in [-0.05, 0) is 18.4 Å². The maximum atomic E-state index is 8.51. The molecule has 1 N–H and O–H groups in total. The lowest BCUT2D eigenvalue weighted by Gasteiger charge is -1.97. The monoisotopic (exact) mass is 126 g/mol. The van der Waals surface area contributed by atoms with Crippen LogP contribution in [-0.2, 0) is 0 Å². The lowest BCUT2D eigenvalue weighted by Crippen LogP contribution is -1.86. The molecule has 0 heterocycles. The van der Waals surface area contributed by atoms with Crippen molar-refractivity contribution < 1.29 is 5.11 Å². The molecule has 1 nitrogen and oxygen atoms in total. The van der Waals surface area contributed by atoms with Gasteiger partial charge in [0.05, 0.1) is 0 Å². The highest BCUT2D eigenvalue weighted by Crippen LogP contribution is 2.05.